The number of halogens is 2. The second-order valence-corrected chi connectivity index (χ2v) is 14.4. The number of nitrogens with zero attached hydrogens (tertiary/aromatic N) is 2. The quantitative estimate of drug-likeness (QED) is 0.124. The summed E-state index contributed by atoms with van der Waals surface area (Å²) in [5, 5.41) is 12.0. The first-order chi connectivity index (χ1) is 24.7. The predicted molar refractivity (Wildman–Crippen MR) is 204 cm³/mol. The van der Waals surface area contributed by atoms with Crippen molar-refractivity contribution in [3.05, 3.63) is 87.7 Å². The van der Waals surface area contributed by atoms with Crippen molar-refractivity contribution in [2.75, 3.05) is 19.6 Å². The molecular weight excluding hydrogens is 707 g/mol. The van der Waals surface area contributed by atoms with E-state index in [1.165, 1.54) is 11.8 Å². The third kappa shape index (κ3) is 9.82. The van der Waals surface area contributed by atoms with Gasteiger partial charge in [0.05, 0.1) is 11.1 Å². The molecule has 1 aliphatic heterocycles. The Morgan fingerprint density at radius 2 is 1.71 bits per heavy atom. The van der Waals surface area contributed by atoms with Crippen molar-refractivity contribution in [3.63, 3.8) is 0 Å². The predicted octanol–water partition coefficient (Wildman–Crippen LogP) is 4.92. The van der Waals surface area contributed by atoms with Crippen molar-refractivity contribution < 1.29 is 14.4 Å². The molecule has 14 heteroatoms. The first kappa shape index (κ1) is 38.6. The van der Waals surface area contributed by atoms with Crippen LogP contribution in [0.2, 0.25) is 10.0 Å². The summed E-state index contributed by atoms with van der Waals surface area (Å²) < 4.78 is 0. The average Bonchev–Trinajstić information content (AvgIpc) is 3.54. The van der Waals surface area contributed by atoms with E-state index >= 15 is 0 Å². The van der Waals surface area contributed by atoms with Crippen LogP contribution in [0.4, 0.5) is 0 Å². The highest BCUT2D eigenvalue weighted by atomic mass is 35.5. The Bertz CT molecular complexity index is 1820. The molecule has 1 aliphatic rings. The maximum absolute atomic E-state index is 14.6. The van der Waals surface area contributed by atoms with Gasteiger partial charge in [0.25, 0.3) is 0 Å². The summed E-state index contributed by atoms with van der Waals surface area (Å²) in [6.45, 7) is 3.38. The van der Waals surface area contributed by atoms with Crippen LogP contribution >= 0.6 is 35.0 Å². The van der Waals surface area contributed by atoms with Crippen molar-refractivity contribution in [3.8, 4) is 0 Å². The van der Waals surface area contributed by atoms with Crippen molar-refractivity contribution in [2.45, 2.75) is 86.6 Å². The smallest absolute Gasteiger partial charge is 0.245 e. The fraction of sp³-hybridized carbons (Fsp3) is 0.405. The average molecular weight is 754 g/mol. The molecule has 3 heterocycles. The summed E-state index contributed by atoms with van der Waals surface area (Å²) in [5.41, 5.74) is 15.1. The molecule has 3 atom stereocenters. The van der Waals surface area contributed by atoms with Crippen LogP contribution in [0, 0.1) is 0 Å². The number of likely N-dealkylation sites (N-methyl/N-ethyl adjacent to an activating group) is 1. The monoisotopic (exact) mass is 752 g/mol. The summed E-state index contributed by atoms with van der Waals surface area (Å²) in [5.74, 6) is -0.991. The molecule has 51 heavy (non-hydrogen) atoms. The molecule has 0 spiro atoms. The number of aromatic nitrogens is 2. The lowest BCUT2D eigenvalue weighted by Crippen LogP contribution is -2.58. The van der Waals surface area contributed by atoms with E-state index < -0.39 is 18.1 Å². The second-order valence-electron chi connectivity index (χ2n) is 12.6. The zero-order valence-electron chi connectivity index (χ0n) is 28.7. The van der Waals surface area contributed by atoms with Crippen LogP contribution < -0.4 is 27.4 Å². The third-order valence-corrected chi connectivity index (χ3v) is 11.0. The molecule has 0 bridgehead atoms. The Labute approximate surface area is 313 Å². The molecule has 4 aromatic rings. The van der Waals surface area contributed by atoms with Gasteiger partial charge in [-0.3, -0.25) is 14.4 Å². The summed E-state index contributed by atoms with van der Waals surface area (Å²) >= 11 is 14.6. The number of carbonyl (C=O) groups is 3. The van der Waals surface area contributed by atoms with Gasteiger partial charge in [-0.25, -0.2) is 4.98 Å². The number of amides is 3. The van der Waals surface area contributed by atoms with Gasteiger partial charge in [0, 0.05) is 59.3 Å². The number of benzene rings is 2. The lowest BCUT2D eigenvalue weighted by atomic mass is 10.00. The van der Waals surface area contributed by atoms with Crippen LogP contribution in [-0.4, -0.2) is 70.3 Å². The molecule has 0 radical (unpaired) electrons. The van der Waals surface area contributed by atoms with E-state index in [1.54, 1.807) is 23.2 Å². The number of carbonyl (C=O) groups excluding carboxylic acids is 3. The Hall–Kier alpha value is -3.65. The molecule has 0 fully saturated rings. The fourth-order valence-corrected chi connectivity index (χ4v) is 8.04. The molecular formula is C37H46Cl2N8O3S. The molecule has 8 N–H and O–H groups in total. The minimum absolute atomic E-state index is 0.107. The van der Waals surface area contributed by atoms with Crippen LogP contribution in [-0.2, 0) is 33.9 Å². The van der Waals surface area contributed by atoms with Gasteiger partial charge in [-0.2, -0.15) is 0 Å². The van der Waals surface area contributed by atoms with Crippen LogP contribution in [0.3, 0.4) is 0 Å². The normalized spacial score (nSPS) is 19.3. The summed E-state index contributed by atoms with van der Waals surface area (Å²) in [6.07, 6.45) is 6.57. The van der Waals surface area contributed by atoms with Gasteiger partial charge >= 0.3 is 0 Å². The summed E-state index contributed by atoms with van der Waals surface area (Å²) in [4.78, 5) is 53.2. The number of pyridine rings is 1. The van der Waals surface area contributed by atoms with E-state index in [2.05, 4.69) is 25.9 Å². The van der Waals surface area contributed by atoms with Crippen LogP contribution in [0.25, 0.3) is 10.9 Å². The van der Waals surface area contributed by atoms with E-state index in [0.29, 0.717) is 77.3 Å². The molecule has 5 rings (SSSR count). The second kappa shape index (κ2) is 18.7. The molecule has 0 saturated carbocycles. The number of aromatic amines is 1. The van der Waals surface area contributed by atoms with Gasteiger partial charge in [0.15, 0.2) is 0 Å². The maximum atomic E-state index is 14.6. The summed E-state index contributed by atoms with van der Waals surface area (Å²) in [6, 6.07) is 12.6. The van der Waals surface area contributed by atoms with Crippen molar-refractivity contribution in [1.29, 1.82) is 0 Å². The molecule has 272 valence electrons. The van der Waals surface area contributed by atoms with Crippen LogP contribution in [0.5, 0.6) is 0 Å². The van der Waals surface area contributed by atoms with E-state index in [4.69, 9.17) is 34.7 Å². The Morgan fingerprint density at radius 3 is 2.49 bits per heavy atom. The van der Waals surface area contributed by atoms with Gasteiger partial charge in [-0.15, -0.1) is 0 Å². The lowest BCUT2D eigenvalue weighted by Gasteiger charge is -2.34. The number of para-hydroxylation sites is 1. The first-order valence-corrected chi connectivity index (χ1v) is 19.0. The number of nitrogens with one attached hydrogen (secondary N) is 4. The number of nitrogens with two attached hydrogens (primary N) is 2. The molecule has 0 aliphatic carbocycles. The van der Waals surface area contributed by atoms with Crippen LogP contribution in [0.1, 0.15) is 55.7 Å². The summed E-state index contributed by atoms with van der Waals surface area (Å²) in [7, 11) is 0. The minimum Gasteiger partial charge on any atom is -0.361 e. The molecule has 0 saturated heterocycles. The zero-order chi connectivity index (χ0) is 36.3. The van der Waals surface area contributed by atoms with Crippen molar-refractivity contribution >= 4 is 63.6 Å². The fourth-order valence-electron chi connectivity index (χ4n) is 6.39. The minimum atomic E-state index is -0.898. The van der Waals surface area contributed by atoms with E-state index in [1.807, 2.05) is 49.5 Å². The number of H-pyrrole nitrogens is 1. The highest BCUT2D eigenvalue weighted by molar-refractivity contribution is 7.99. The Morgan fingerprint density at radius 1 is 0.922 bits per heavy atom. The number of unbranched alkanes of at least 4 members (excludes halogenated alkanes) is 1. The van der Waals surface area contributed by atoms with Crippen molar-refractivity contribution in [2.24, 2.45) is 11.5 Å². The first-order valence-electron chi connectivity index (χ1n) is 17.4. The molecule has 2 aromatic carbocycles. The van der Waals surface area contributed by atoms with Gasteiger partial charge in [-0.05, 0) is 93.1 Å². The van der Waals surface area contributed by atoms with Crippen LogP contribution in [0.15, 0.2) is 70.8 Å². The van der Waals surface area contributed by atoms with Gasteiger partial charge < -0.3 is 37.3 Å². The van der Waals surface area contributed by atoms with Gasteiger partial charge in [0.2, 0.25) is 17.7 Å². The number of hydrogen-bond acceptors (Lipinski definition) is 8. The number of hydrogen-bond donors (Lipinski definition) is 6. The van der Waals surface area contributed by atoms with Crippen molar-refractivity contribution in [1.82, 2.24) is 30.8 Å². The zero-order valence-corrected chi connectivity index (χ0v) is 31.1. The molecule has 11 nitrogen and oxygen atoms in total. The standard InChI is InChI=1S/C37H46Cl2N8O3S/c1-2-47-32(18-24-21-43-29-11-4-3-10-27(24)29)35(49)45-22-25-17-26(38)19-28(39)33(25)51-36-23(9-8-16-42-36)20-44-30(13-7-15-41)34(48)46-31(37(47)50)12-5-6-14-40/h3-4,8-11,16-17,19,21,30-32,43-44H,2,5-7,12-15,18,20,22,40-41H2,1H3,(H,45,49)(H,46,48)/t30-,31-,32-/m0/s1. The van der Waals surface area contributed by atoms with E-state index in [-0.39, 0.29) is 37.2 Å². The largest absolute Gasteiger partial charge is 0.361 e. The number of rotatable bonds is 10. The van der Waals surface area contributed by atoms with E-state index in [0.717, 1.165) is 22.0 Å². The Kier molecular flexibility index (Phi) is 14.2. The van der Waals surface area contributed by atoms with Gasteiger partial charge in [-0.1, -0.05) is 59.2 Å². The topological polar surface area (TPSA) is 171 Å². The lowest BCUT2D eigenvalue weighted by molar-refractivity contribution is -0.143. The molecule has 3 amide bonds. The highest BCUT2D eigenvalue weighted by Gasteiger charge is 2.35. The SMILES string of the molecule is CCN1C(=O)[C@H](CCCCN)NC(=O)[C@H](CCCN)NCc2cccnc2Sc2c(Cl)cc(Cl)cc2CNC(=O)[C@@H]1Cc1c[nH]c2ccccc12. The highest BCUT2D eigenvalue weighted by Crippen LogP contribution is 2.38. The molecule has 0 unspecified atom stereocenters. The third-order valence-electron chi connectivity index (χ3n) is 9.09. The van der Waals surface area contributed by atoms with E-state index in [9.17, 15) is 14.4 Å². The Balaban J connectivity index is 1.60. The maximum Gasteiger partial charge on any atom is 0.245 e. The van der Waals surface area contributed by atoms with Gasteiger partial charge in [0.1, 0.15) is 17.1 Å². The molecule has 2 aromatic heterocycles. The number of fused-ring (bicyclic) bond motifs is 3.